The summed E-state index contributed by atoms with van der Waals surface area (Å²) in [7, 11) is -3.69. The summed E-state index contributed by atoms with van der Waals surface area (Å²) in [6.07, 6.45) is -0.824. The third-order valence-corrected chi connectivity index (χ3v) is 6.24. The molecule has 1 aliphatic heterocycles. The van der Waals surface area contributed by atoms with E-state index >= 15 is 0 Å². The molecule has 2 rings (SSSR count). The number of ether oxygens (including phenoxy) is 1. The van der Waals surface area contributed by atoms with Crippen molar-refractivity contribution in [2.45, 2.75) is 51.0 Å². The van der Waals surface area contributed by atoms with Crippen molar-refractivity contribution in [1.82, 2.24) is 5.32 Å². The number of amidine groups is 1. The van der Waals surface area contributed by atoms with E-state index in [2.05, 4.69) is 10.3 Å². The minimum atomic E-state index is -3.69. The van der Waals surface area contributed by atoms with Gasteiger partial charge in [0.1, 0.15) is 28.0 Å². The first-order valence-electron chi connectivity index (χ1n) is 8.10. The van der Waals surface area contributed by atoms with Crippen LogP contribution in [0.5, 0.6) is 0 Å². The number of rotatable bonds is 1. The van der Waals surface area contributed by atoms with Gasteiger partial charge in [-0.15, -0.1) is 0 Å². The summed E-state index contributed by atoms with van der Waals surface area (Å²) >= 11 is 0. The number of hydrogen-bond donors (Lipinski definition) is 2. The number of amides is 1. The highest BCUT2D eigenvalue weighted by atomic mass is 32.2. The standard InChI is InChI=1S/C17H24FN3O4S/c1-10-14(20-15(22)25-16(2,3)4)21-17(5,9-26(10,23)24)12-8-11(19)6-7-13(12)18/h6-8,10H,9,19H2,1-5H3,(H,20,21,22)/t10?,17-/m0/s1. The Labute approximate surface area is 152 Å². The molecule has 0 saturated carbocycles. The number of benzene rings is 1. The van der Waals surface area contributed by atoms with Gasteiger partial charge in [0.2, 0.25) is 0 Å². The van der Waals surface area contributed by atoms with Crippen molar-refractivity contribution in [3.05, 3.63) is 29.6 Å². The number of nitrogens with two attached hydrogens (primary N) is 1. The Hall–Kier alpha value is -2.16. The van der Waals surface area contributed by atoms with E-state index in [1.165, 1.54) is 26.0 Å². The lowest BCUT2D eigenvalue weighted by molar-refractivity contribution is 0.0562. The van der Waals surface area contributed by atoms with Crippen molar-refractivity contribution in [2.24, 2.45) is 4.99 Å². The van der Waals surface area contributed by atoms with Crippen LogP contribution in [-0.2, 0) is 20.1 Å². The van der Waals surface area contributed by atoms with Gasteiger partial charge in [-0.2, -0.15) is 0 Å². The number of carbonyl (C=O) groups excluding carboxylic acids is 1. The van der Waals surface area contributed by atoms with E-state index in [9.17, 15) is 17.6 Å². The molecule has 0 aliphatic carbocycles. The minimum absolute atomic E-state index is 0.0523. The van der Waals surface area contributed by atoms with E-state index in [4.69, 9.17) is 10.5 Å². The molecule has 1 aromatic rings. The molecule has 9 heteroatoms. The van der Waals surface area contributed by atoms with Gasteiger partial charge in [-0.1, -0.05) is 0 Å². The number of nitrogen functional groups attached to an aromatic ring is 1. The smallest absolute Gasteiger partial charge is 0.413 e. The van der Waals surface area contributed by atoms with Gasteiger partial charge in [-0.3, -0.25) is 10.3 Å². The van der Waals surface area contributed by atoms with Crippen LogP contribution in [0.1, 0.15) is 40.2 Å². The number of sulfone groups is 1. The van der Waals surface area contributed by atoms with Crippen molar-refractivity contribution in [3.63, 3.8) is 0 Å². The van der Waals surface area contributed by atoms with Crippen molar-refractivity contribution in [3.8, 4) is 0 Å². The molecule has 1 aliphatic rings. The maximum atomic E-state index is 14.3. The average molecular weight is 385 g/mol. The van der Waals surface area contributed by atoms with Crippen LogP contribution in [0.3, 0.4) is 0 Å². The van der Waals surface area contributed by atoms with Crippen LogP contribution in [-0.4, -0.2) is 37.0 Å². The van der Waals surface area contributed by atoms with Crippen LogP contribution < -0.4 is 11.1 Å². The second kappa shape index (κ2) is 6.53. The monoisotopic (exact) mass is 385 g/mol. The quantitative estimate of drug-likeness (QED) is 0.721. The first-order chi connectivity index (χ1) is 11.7. The zero-order chi connectivity index (χ0) is 19.9. The van der Waals surface area contributed by atoms with Gasteiger partial charge in [-0.25, -0.2) is 17.6 Å². The Balaban J connectivity index is 2.49. The molecule has 7 nitrogen and oxygen atoms in total. The summed E-state index contributed by atoms with van der Waals surface area (Å²) in [6, 6.07) is 3.90. The molecule has 2 atom stereocenters. The molecule has 0 spiro atoms. The molecule has 0 bridgehead atoms. The normalized spacial score (nSPS) is 25.3. The Bertz CT molecular complexity index is 861. The molecule has 1 aromatic carbocycles. The first kappa shape index (κ1) is 20.2. The molecule has 1 unspecified atom stereocenters. The highest BCUT2D eigenvalue weighted by molar-refractivity contribution is 7.92. The van der Waals surface area contributed by atoms with Gasteiger partial charge in [0.15, 0.2) is 9.84 Å². The third-order valence-electron chi connectivity index (χ3n) is 3.97. The lowest BCUT2D eigenvalue weighted by Gasteiger charge is -2.34. The topological polar surface area (TPSA) is 111 Å². The van der Waals surface area contributed by atoms with Crippen molar-refractivity contribution >= 4 is 27.5 Å². The largest absolute Gasteiger partial charge is 0.444 e. The molecular formula is C17H24FN3O4S. The van der Waals surface area contributed by atoms with Gasteiger partial charge in [0.05, 0.1) is 5.75 Å². The van der Waals surface area contributed by atoms with Crippen LogP contribution >= 0.6 is 0 Å². The minimum Gasteiger partial charge on any atom is -0.444 e. The van der Waals surface area contributed by atoms with E-state index in [1.54, 1.807) is 20.8 Å². The SMILES string of the molecule is CC1C(NC(=O)OC(C)(C)C)=N[C@](C)(c2cc(N)ccc2F)CS1(=O)=O. The molecule has 0 aromatic heterocycles. The van der Waals surface area contributed by atoms with Crippen LogP contribution in [0.15, 0.2) is 23.2 Å². The molecule has 1 heterocycles. The van der Waals surface area contributed by atoms with Crippen molar-refractivity contribution in [2.75, 3.05) is 11.5 Å². The predicted molar refractivity (Wildman–Crippen MR) is 98.2 cm³/mol. The number of halogens is 1. The lowest BCUT2D eigenvalue weighted by atomic mass is 9.93. The molecular weight excluding hydrogens is 361 g/mol. The first-order valence-corrected chi connectivity index (χ1v) is 9.82. The van der Waals surface area contributed by atoms with E-state index < -0.39 is 43.9 Å². The van der Waals surface area contributed by atoms with Crippen LogP contribution in [0, 0.1) is 5.82 Å². The number of aliphatic imine (C=N–C) groups is 1. The fourth-order valence-electron chi connectivity index (χ4n) is 2.71. The Morgan fingerprint density at radius 3 is 2.62 bits per heavy atom. The molecule has 0 fully saturated rings. The van der Waals surface area contributed by atoms with Gasteiger partial charge in [0, 0.05) is 11.3 Å². The number of anilines is 1. The van der Waals surface area contributed by atoms with Crippen LogP contribution in [0.2, 0.25) is 0 Å². The molecule has 0 saturated heterocycles. The van der Waals surface area contributed by atoms with Crippen LogP contribution in [0.4, 0.5) is 14.9 Å². The summed E-state index contributed by atoms with van der Waals surface area (Å²) < 4.78 is 44.7. The summed E-state index contributed by atoms with van der Waals surface area (Å²) in [4.78, 5) is 16.4. The molecule has 0 radical (unpaired) electrons. The fraction of sp³-hybridized carbons (Fsp3) is 0.529. The zero-order valence-electron chi connectivity index (χ0n) is 15.5. The third kappa shape index (κ3) is 4.32. The highest BCUT2D eigenvalue weighted by Gasteiger charge is 2.44. The maximum Gasteiger partial charge on any atom is 0.413 e. The number of hydrogen-bond acceptors (Lipinski definition) is 6. The number of alkyl carbamates (subject to hydrolysis) is 1. The van der Waals surface area contributed by atoms with Crippen molar-refractivity contribution in [1.29, 1.82) is 0 Å². The second-order valence-electron chi connectivity index (χ2n) is 7.59. The van der Waals surface area contributed by atoms with E-state index in [1.807, 2.05) is 0 Å². The lowest BCUT2D eigenvalue weighted by Crippen LogP contribution is -2.51. The van der Waals surface area contributed by atoms with Crippen LogP contribution in [0.25, 0.3) is 0 Å². The Morgan fingerprint density at radius 1 is 1.42 bits per heavy atom. The van der Waals surface area contributed by atoms with Gasteiger partial charge < -0.3 is 10.5 Å². The number of nitrogens with one attached hydrogen (secondary N) is 1. The summed E-state index contributed by atoms with van der Waals surface area (Å²) in [5.74, 6) is -1.11. The number of nitrogens with zero attached hydrogens (tertiary/aromatic N) is 1. The second-order valence-corrected chi connectivity index (χ2v) is 9.91. The summed E-state index contributed by atoms with van der Waals surface area (Å²) in [6.45, 7) is 7.96. The predicted octanol–water partition coefficient (Wildman–Crippen LogP) is 2.36. The fourth-order valence-corrected chi connectivity index (χ4v) is 4.41. The van der Waals surface area contributed by atoms with E-state index in [-0.39, 0.29) is 17.1 Å². The van der Waals surface area contributed by atoms with E-state index in [0.717, 1.165) is 6.07 Å². The summed E-state index contributed by atoms with van der Waals surface area (Å²) in [5.41, 5.74) is 3.88. The molecule has 3 N–H and O–H groups in total. The molecule has 144 valence electrons. The Kier molecular flexibility index (Phi) is 5.06. The highest BCUT2D eigenvalue weighted by Crippen LogP contribution is 2.35. The van der Waals surface area contributed by atoms with Gasteiger partial charge >= 0.3 is 6.09 Å². The molecule has 1 amide bonds. The summed E-state index contributed by atoms with van der Waals surface area (Å²) in [5, 5.41) is 1.35. The van der Waals surface area contributed by atoms with Crippen molar-refractivity contribution < 1.29 is 22.3 Å². The molecule has 26 heavy (non-hydrogen) atoms. The average Bonchev–Trinajstić information content (AvgIpc) is 2.44. The number of carbonyl (C=O) groups is 1. The maximum absolute atomic E-state index is 14.3. The van der Waals surface area contributed by atoms with Gasteiger partial charge in [0.25, 0.3) is 0 Å². The van der Waals surface area contributed by atoms with Gasteiger partial charge in [-0.05, 0) is 52.8 Å². The zero-order valence-corrected chi connectivity index (χ0v) is 16.3. The van der Waals surface area contributed by atoms with E-state index in [0.29, 0.717) is 0 Å². The Morgan fingerprint density at radius 2 is 2.04 bits per heavy atom.